The standard InChI is InChI=1S/C30H32N6O4S2/c37-23(21-11-3-1-4-12-21)15-9-17-25(39)31-29-35-33-27(41-29)19-7-8-20-28-34-36-30(42-28)32-26(40)18-10-16-24(38)22-13-5-2-6-14-22/h1-6,11-14H,7-10,15-20H2,(H,31,35,39)(H,32,36,40). The van der Waals surface area contributed by atoms with E-state index in [1.807, 2.05) is 36.4 Å². The molecule has 0 aliphatic heterocycles. The molecule has 0 fully saturated rings. The first-order valence-electron chi connectivity index (χ1n) is 13.9. The zero-order chi connectivity index (χ0) is 29.6. The molecule has 0 atom stereocenters. The molecular weight excluding hydrogens is 573 g/mol. The lowest BCUT2D eigenvalue weighted by Crippen LogP contribution is -2.11. The predicted molar refractivity (Wildman–Crippen MR) is 163 cm³/mol. The molecule has 2 amide bonds. The summed E-state index contributed by atoms with van der Waals surface area (Å²) in [6.07, 6.45) is 5.24. The summed E-state index contributed by atoms with van der Waals surface area (Å²) in [5.41, 5.74) is 1.32. The summed E-state index contributed by atoms with van der Waals surface area (Å²) < 4.78 is 0. The number of carbonyl (C=O) groups is 4. The van der Waals surface area contributed by atoms with Gasteiger partial charge >= 0.3 is 0 Å². The molecule has 4 rings (SSSR count). The molecule has 2 heterocycles. The molecule has 218 valence electrons. The third-order valence-corrected chi connectivity index (χ3v) is 8.06. The van der Waals surface area contributed by atoms with Crippen molar-refractivity contribution in [3.05, 3.63) is 81.8 Å². The molecule has 12 heteroatoms. The zero-order valence-electron chi connectivity index (χ0n) is 23.1. The first-order valence-corrected chi connectivity index (χ1v) is 15.5. The van der Waals surface area contributed by atoms with E-state index in [0.29, 0.717) is 47.1 Å². The van der Waals surface area contributed by atoms with Crippen molar-refractivity contribution in [2.75, 3.05) is 10.6 Å². The fourth-order valence-electron chi connectivity index (χ4n) is 4.08. The molecule has 0 spiro atoms. The van der Waals surface area contributed by atoms with Crippen LogP contribution in [0.3, 0.4) is 0 Å². The number of aryl methyl sites for hydroxylation is 2. The summed E-state index contributed by atoms with van der Waals surface area (Å²) in [6, 6.07) is 18.1. The molecule has 0 aliphatic carbocycles. The quantitative estimate of drug-likeness (QED) is 0.111. The zero-order valence-corrected chi connectivity index (χ0v) is 24.7. The van der Waals surface area contributed by atoms with E-state index in [2.05, 4.69) is 31.0 Å². The number of nitrogens with one attached hydrogen (secondary N) is 2. The fourth-order valence-corrected chi connectivity index (χ4v) is 5.68. The highest BCUT2D eigenvalue weighted by Gasteiger charge is 2.12. The second-order valence-corrected chi connectivity index (χ2v) is 11.7. The minimum atomic E-state index is -0.182. The summed E-state index contributed by atoms with van der Waals surface area (Å²) >= 11 is 2.69. The van der Waals surface area contributed by atoms with Crippen LogP contribution in [-0.4, -0.2) is 43.8 Å². The van der Waals surface area contributed by atoms with Gasteiger partial charge in [-0.25, -0.2) is 0 Å². The SMILES string of the molecule is O=C(CCCC(=O)c1ccccc1)Nc1nnc(CCCCc2nnc(NC(=O)CCCC(=O)c3ccccc3)s2)s1. The Morgan fingerprint density at radius 1 is 0.524 bits per heavy atom. The van der Waals surface area contributed by atoms with Crippen LogP contribution in [-0.2, 0) is 22.4 Å². The van der Waals surface area contributed by atoms with E-state index in [9.17, 15) is 19.2 Å². The monoisotopic (exact) mass is 604 g/mol. The second-order valence-electron chi connectivity index (χ2n) is 9.59. The number of benzene rings is 2. The Hall–Kier alpha value is -4.16. The molecule has 0 unspecified atom stereocenters. The number of hydrogen-bond donors (Lipinski definition) is 2. The van der Waals surface area contributed by atoms with Gasteiger partial charge in [-0.15, -0.1) is 20.4 Å². The maximum Gasteiger partial charge on any atom is 0.226 e. The van der Waals surface area contributed by atoms with Crippen molar-refractivity contribution in [2.45, 2.75) is 64.2 Å². The van der Waals surface area contributed by atoms with Crippen LogP contribution in [0.1, 0.15) is 82.1 Å². The van der Waals surface area contributed by atoms with E-state index >= 15 is 0 Å². The molecule has 2 aromatic carbocycles. The highest BCUT2D eigenvalue weighted by molar-refractivity contribution is 7.15. The Morgan fingerprint density at radius 3 is 1.33 bits per heavy atom. The van der Waals surface area contributed by atoms with Gasteiger partial charge in [-0.1, -0.05) is 83.3 Å². The average molecular weight is 605 g/mol. The molecule has 2 N–H and O–H groups in total. The number of aromatic nitrogens is 4. The summed E-state index contributed by atoms with van der Waals surface area (Å²) in [7, 11) is 0. The van der Waals surface area contributed by atoms with Crippen molar-refractivity contribution in [2.24, 2.45) is 0 Å². The molecule has 0 saturated heterocycles. The van der Waals surface area contributed by atoms with Crippen molar-refractivity contribution in [1.29, 1.82) is 0 Å². The van der Waals surface area contributed by atoms with Crippen LogP contribution in [0.4, 0.5) is 10.3 Å². The first kappa shape index (κ1) is 30.8. The van der Waals surface area contributed by atoms with Gasteiger partial charge in [-0.05, 0) is 25.7 Å². The third-order valence-electron chi connectivity index (χ3n) is 6.26. The number of rotatable bonds is 17. The van der Waals surface area contributed by atoms with Gasteiger partial charge in [0.2, 0.25) is 22.1 Å². The summed E-state index contributed by atoms with van der Waals surface area (Å²) in [6.45, 7) is 0. The third kappa shape index (κ3) is 10.3. The minimum absolute atomic E-state index is 0.0278. The Bertz CT molecular complexity index is 1360. The Balaban J connectivity index is 1.07. The van der Waals surface area contributed by atoms with E-state index in [1.54, 1.807) is 24.3 Å². The lowest BCUT2D eigenvalue weighted by Gasteiger charge is -2.02. The molecule has 0 radical (unpaired) electrons. The summed E-state index contributed by atoms with van der Waals surface area (Å²) in [5, 5.41) is 24.5. The highest BCUT2D eigenvalue weighted by atomic mass is 32.1. The number of hydrogen-bond acceptors (Lipinski definition) is 10. The number of anilines is 2. The van der Waals surface area contributed by atoms with E-state index in [-0.39, 0.29) is 36.2 Å². The van der Waals surface area contributed by atoms with E-state index in [1.165, 1.54) is 22.7 Å². The van der Waals surface area contributed by atoms with Crippen LogP contribution < -0.4 is 10.6 Å². The van der Waals surface area contributed by atoms with Gasteiger partial charge in [0, 0.05) is 49.7 Å². The van der Waals surface area contributed by atoms with Crippen molar-refractivity contribution in [3.63, 3.8) is 0 Å². The van der Waals surface area contributed by atoms with Gasteiger partial charge in [-0.3, -0.25) is 19.2 Å². The molecule has 0 aliphatic rings. The molecular formula is C30H32N6O4S2. The molecule has 4 aromatic rings. The lowest BCUT2D eigenvalue weighted by molar-refractivity contribution is -0.117. The Labute approximate surface area is 252 Å². The molecule has 42 heavy (non-hydrogen) atoms. The maximum atomic E-state index is 12.2. The van der Waals surface area contributed by atoms with E-state index in [4.69, 9.17) is 0 Å². The van der Waals surface area contributed by atoms with E-state index in [0.717, 1.165) is 35.7 Å². The number of carbonyl (C=O) groups excluding carboxylic acids is 4. The number of nitrogens with zero attached hydrogens (tertiary/aromatic N) is 4. The van der Waals surface area contributed by atoms with Gasteiger partial charge in [0.1, 0.15) is 10.0 Å². The van der Waals surface area contributed by atoms with Crippen LogP contribution in [0.2, 0.25) is 0 Å². The largest absolute Gasteiger partial charge is 0.301 e. The van der Waals surface area contributed by atoms with Gasteiger partial charge < -0.3 is 10.6 Å². The van der Waals surface area contributed by atoms with Crippen LogP contribution in [0.15, 0.2) is 60.7 Å². The topological polar surface area (TPSA) is 144 Å². The number of ketones is 2. The van der Waals surface area contributed by atoms with Crippen molar-refractivity contribution in [3.8, 4) is 0 Å². The van der Waals surface area contributed by atoms with Crippen molar-refractivity contribution in [1.82, 2.24) is 20.4 Å². The highest BCUT2D eigenvalue weighted by Crippen LogP contribution is 2.21. The molecule has 10 nitrogen and oxygen atoms in total. The van der Waals surface area contributed by atoms with Crippen LogP contribution in [0.25, 0.3) is 0 Å². The van der Waals surface area contributed by atoms with Gasteiger partial charge in [0.15, 0.2) is 11.6 Å². The van der Waals surface area contributed by atoms with Crippen LogP contribution in [0, 0.1) is 0 Å². The molecule has 0 saturated carbocycles. The number of unbranched alkanes of at least 4 members (excludes halogenated alkanes) is 1. The Morgan fingerprint density at radius 2 is 0.929 bits per heavy atom. The Kier molecular flexibility index (Phi) is 12.0. The van der Waals surface area contributed by atoms with Crippen molar-refractivity contribution >= 4 is 56.3 Å². The smallest absolute Gasteiger partial charge is 0.226 e. The summed E-state index contributed by atoms with van der Waals surface area (Å²) in [4.78, 5) is 48.8. The lowest BCUT2D eigenvalue weighted by atomic mass is 10.1. The second kappa shape index (κ2) is 16.3. The average Bonchev–Trinajstić information content (AvgIpc) is 3.65. The molecule has 0 bridgehead atoms. The molecule has 2 aromatic heterocycles. The maximum absolute atomic E-state index is 12.2. The van der Waals surface area contributed by atoms with Gasteiger partial charge in [0.05, 0.1) is 0 Å². The van der Waals surface area contributed by atoms with Crippen LogP contribution in [0.5, 0.6) is 0 Å². The number of amides is 2. The van der Waals surface area contributed by atoms with Gasteiger partial charge in [0.25, 0.3) is 0 Å². The van der Waals surface area contributed by atoms with Crippen LogP contribution >= 0.6 is 22.7 Å². The number of Topliss-reactive ketones (excluding diaryl/α,β-unsaturated/α-hetero) is 2. The minimum Gasteiger partial charge on any atom is -0.301 e. The summed E-state index contributed by atoms with van der Waals surface area (Å²) in [5.74, 6) is -0.309. The predicted octanol–water partition coefficient (Wildman–Crippen LogP) is 5.94. The fraction of sp³-hybridized carbons (Fsp3) is 0.333. The van der Waals surface area contributed by atoms with Gasteiger partial charge in [-0.2, -0.15) is 0 Å². The van der Waals surface area contributed by atoms with E-state index < -0.39 is 0 Å². The van der Waals surface area contributed by atoms with Crippen molar-refractivity contribution < 1.29 is 19.2 Å². The first-order chi connectivity index (χ1) is 20.5. The normalized spacial score (nSPS) is 10.8.